The average molecular weight is 314 g/mol. The van der Waals surface area contributed by atoms with E-state index in [0.29, 0.717) is 16.7 Å². The minimum atomic E-state index is -3.43. The van der Waals surface area contributed by atoms with E-state index in [2.05, 4.69) is 11.6 Å². The van der Waals surface area contributed by atoms with E-state index in [1.807, 2.05) is 17.8 Å². The molecular weight excluding hydrogens is 292 g/mol. The minimum absolute atomic E-state index is 0.0607. The highest BCUT2D eigenvalue weighted by atomic mass is 32.2. The predicted molar refractivity (Wildman–Crippen MR) is 84.2 cm³/mol. The molecule has 0 saturated heterocycles. The van der Waals surface area contributed by atoms with Gasteiger partial charge in [0.15, 0.2) is 0 Å². The Morgan fingerprint density at radius 2 is 2.20 bits per heavy atom. The number of hydrogen-bond donors (Lipinski definition) is 2. The Morgan fingerprint density at radius 1 is 1.40 bits per heavy atom. The lowest BCUT2D eigenvalue weighted by molar-refractivity contribution is 0.552. The molecule has 3 N–H and O–H groups in total. The molecule has 2 rings (SSSR count). The van der Waals surface area contributed by atoms with Gasteiger partial charge >= 0.3 is 0 Å². The molecule has 2 unspecified atom stereocenters. The predicted octanol–water partition coefficient (Wildman–Crippen LogP) is 2.10. The molecule has 4 nitrogen and oxygen atoms in total. The zero-order valence-electron chi connectivity index (χ0n) is 11.7. The Morgan fingerprint density at radius 3 is 2.90 bits per heavy atom. The average Bonchev–Trinajstić information content (AvgIpc) is 2.86. The maximum Gasteiger partial charge on any atom is 0.240 e. The van der Waals surface area contributed by atoms with Crippen molar-refractivity contribution in [3.05, 3.63) is 29.8 Å². The maximum atomic E-state index is 12.4. The van der Waals surface area contributed by atoms with Crippen LogP contribution in [0.15, 0.2) is 29.2 Å². The van der Waals surface area contributed by atoms with Gasteiger partial charge in [-0.3, -0.25) is 0 Å². The summed E-state index contributed by atoms with van der Waals surface area (Å²) >= 11 is 1.92. The van der Waals surface area contributed by atoms with Crippen molar-refractivity contribution in [2.45, 2.75) is 48.9 Å². The van der Waals surface area contributed by atoms with Gasteiger partial charge in [0.05, 0.1) is 4.90 Å². The Hall–Kier alpha value is -0.560. The Labute approximate surface area is 125 Å². The van der Waals surface area contributed by atoms with E-state index in [1.54, 1.807) is 18.2 Å². The molecule has 0 aromatic heterocycles. The van der Waals surface area contributed by atoms with Gasteiger partial charge < -0.3 is 5.73 Å². The van der Waals surface area contributed by atoms with Crippen molar-refractivity contribution in [3.8, 4) is 0 Å². The smallest absolute Gasteiger partial charge is 0.240 e. The van der Waals surface area contributed by atoms with E-state index < -0.39 is 10.0 Å². The number of nitrogens with two attached hydrogens (primary N) is 1. The van der Waals surface area contributed by atoms with Crippen LogP contribution in [0.25, 0.3) is 0 Å². The van der Waals surface area contributed by atoms with Crippen LogP contribution in [0.1, 0.15) is 31.7 Å². The lowest BCUT2D eigenvalue weighted by atomic mass is 10.2. The van der Waals surface area contributed by atoms with Crippen molar-refractivity contribution >= 4 is 21.8 Å². The zero-order valence-corrected chi connectivity index (χ0v) is 13.3. The molecule has 1 aromatic carbocycles. The molecule has 1 fully saturated rings. The van der Waals surface area contributed by atoms with E-state index in [9.17, 15) is 8.42 Å². The molecule has 0 aliphatic heterocycles. The summed E-state index contributed by atoms with van der Waals surface area (Å²) in [5.74, 6) is 1.09. The van der Waals surface area contributed by atoms with Crippen LogP contribution in [0.2, 0.25) is 0 Å². The summed E-state index contributed by atoms with van der Waals surface area (Å²) in [6.45, 7) is 2.49. The normalized spacial score (nSPS) is 23.1. The number of nitrogens with one attached hydrogen (secondary N) is 1. The van der Waals surface area contributed by atoms with Gasteiger partial charge in [0.2, 0.25) is 10.0 Å². The van der Waals surface area contributed by atoms with E-state index in [4.69, 9.17) is 5.73 Å². The summed E-state index contributed by atoms with van der Waals surface area (Å²) in [5, 5.41) is 0.586. The number of thioether (sulfide) groups is 1. The van der Waals surface area contributed by atoms with E-state index in [0.717, 1.165) is 30.6 Å². The lowest BCUT2D eigenvalue weighted by Crippen LogP contribution is -2.33. The summed E-state index contributed by atoms with van der Waals surface area (Å²) in [6, 6.07) is 6.90. The van der Waals surface area contributed by atoms with Gasteiger partial charge in [0, 0.05) is 17.8 Å². The first-order valence-corrected chi connectivity index (χ1v) is 9.51. The highest BCUT2D eigenvalue weighted by Crippen LogP contribution is 2.30. The quantitative estimate of drug-likeness (QED) is 0.843. The first-order valence-electron chi connectivity index (χ1n) is 6.98. The Kier molecular flexibility index (Phi) is 5.49. The van der Waals surface area contributed by atoms with Crippen LogP contribution in [0.5, 0.6) is 0 Å². The highest BCUT2D eigenvalue weighted by Gasteiger charge is 2.28. The second-order valence-electron chi connectivity index (χ2n) is 5.06. The van der Waals surface area contributed by atoms with Crippen LogP contribution in [0.3, 0.4) is 0 Å². The third-order valence-corrected chi connectivity index (χ3v) is 6.30. The van der Waals surface area contributed by atoms with Gasteiger partial charge in [-0.2, -0.15) is 11.8 Å². The summed E-state index contributed by atoms with van der Waals surface area (Å²) in [6.07, 6.45) is 2.94. The molecule has 0 spiro atoms. The van der Waals surface area contributed by atoms with Crippen LogP contribution >= 0.6 is 11.8 Å². The molecule has 1 saturated carbocycles. The van der Waals surface area contributed by atoms with Crippen molar-refractivity contribution in [2.75, 3.05) is 5.75 Å². The van der Waals surface area contributed by atoms with E-state index in [1.165, 1.54) is 0 Å². The Balaban J connectivity index is 2.04. The third-order valence-electron chi connectivity index (χ3n) is 3.55. The highest BCUT2D eigenvalue weighted by molar-refractivity contribution is 7.99. The van der Waals surface area contributed by atoms with Crippen molar-refractivity contribution in [2.24, 2.45) is 5.73 Å². The topological polar surface area (TPSA) is 72.2 Å². The maximum absolute atomic E-state index is 12.4. The molecule has 0 bridgehead atoms. The molecule has 1 aliphatic rings. The summed E-state index contributed by atoms with van der Waals surface area (Å²) in [4.78, 5) is 0.312. The summed E-state index contributed by atoms with van der Waals surface area (Å²) in [5.41, 5.74) is 6.39. The van der Waals surface area contributed by atoms with E-state index in [-0.39, 0.29) is 6.04 Å². The third kappa shape index (κ3) is 3.97. The van der Waals surface area contributed by atoms with Crippen molar-refractivity contribution in [1.29, 1.82) is 0 Å². The SMILES string of the molecule is CCSC1CCC(NS(=O)(=O)c2cccc(CN)c2)C1. The molecule has 0 heterocycles. The molecule has 6 heteroatoms. The fourth-order valence-corrected chi connectivity index (χ4v) is 5.06. The van der Waals surface area contributed by atoms with Gasteiger partial charge in [-0.05, 0) is 42.7 Å². The van der Waals surface area contributed by atoms with Gasteiger partial charge in [-0.15, -0.1) is 0 Å². The molecule has 112 valence electrons. The molecular formula is C14H22N2O2S2. The van der Waals surface area contributed by atoms with Gasteiger partial charge in [0.25, 0.3) is 0 Å². The zero-order chi connectivity index (χ0) is 14.6. The summed E-state index contributed by atoms with van der Waals surface area (Å²) in [7, 11) is -3.43. The molecule has 2 atom stereocenters. The van der Waals surface area contributed by atoms with Crippen LogP contribution < -0.4 is 10.5 Å². The fraction of sp³-hybridized carbons (Fsp3) is 0.571. The molecule has 0 radical (unpaired) electrons. The first kappa shape index (κ1) is 15.8. The standard InChI is InChI=1S/C14H22N2O2S2/c1-2-19-13-7-6-12(9-13)16-20(17,18)14-5-3-4-11(8-14)10-15/h3-5,8,12-13,16H,2,6-7,9-10,15H2,1H3. The Bertz CT molecular complexity index is 546. The lowest BCUT2D eigenvalue weighted by Gasteiger charge is -2.14. The van der Waals surface area contributed by atoms with Crippen molar-refractivity contribution < 1.29 is 8.42 Å². The van der Waals surface area contributed by atoms with Crippen LogP contribution in [-0.4, -0.2) is 25.5 Å². The second kappa shape index (κ2) is 6.93. The molecule has 1 aliphatic carbocycles. The first-order chi connectivity index (χ1) is 9.55. The monoisotopic (exact) mass is 314 g/mol. The minimum Gasteiger partial charge on any atom is -0.326 e. The number of rotatable bonds is 6. The van der Waals surface area contributed by atoms with Gasteiger partial charge in [0.1, 0.15) is 0 Å². The fourth-order valence-electron chi connectivity index (χ4n) is 2.56. The number of sulfonamides is 1. The molecule has 1 aromatic rings. The van der Waals surface area contributed by atoms with Crippen LogP contribution in [-0.2, 0) is 16.6 Å². The van der Waals surface area contributed by atoms with Crippen molar-refractivity contribution in [3.63, 3.8) is 0 Å². The molecule has 0 amide bonds. The van der Waals surface area contributed by atoms with Crippen LogP contribution in [0, 0.1) is 0 Å². The van der Waals surface area contributed by atoms with Gasteiger partial charge in [-0.25, -0.2) is 13.1 Å². The number of hydrogen-bond acceptors (Lipinski definition) is 4. The second-order valence-corrected chi connectivity index (χ2v) is 8.35. The van der Waals surface area contributed by atoms with Crippen molar-refractivity contribution in [1.82, 2.24) is 4.72 Å². The van der Waals surface area contributed by atoms with Gasteiger partial charge in [-0.1, -0.05) is 19.1 Å². The van der Waals surface area contributed by atoms with E-state index >= 15 is 0 Å². The molecule has 20 heavy (non-hydrogen) atoms. The van der Waals surface area contributed by atoms with Crippen LogP contribution in [0.4, 0.5) is 0 Å². The number of benzene rings is 1. The summed E-state index contributed by atoms with van der Waals surface area (Å²) < 4.78 is 27.6. The largest absolute Gasteiger partial charge is 0.326 e.